The lowest BCUT2D eigenvalue weighted by Crippen LogP contribution is -2.03. The van der Waals surface area contributed by atoms with E-state index in [1.807, 2.05) is 27.7 Å². The average molecular weight is 366 g/mol. The van der Waals surface area contributed by atoms with Gasteiger partial charge in [-0.1, -0.05) is 38.5 Å². The maximum absolute atomic E-state index is 10.1. The predicted molar refractivity (Wildman–Crippen MR) is 113 cm³/mol. The van der Waals surface area contributed by atoms with Crippen molar-refractivity contribution in [2.24, 2.45) is 5.73 Å². The molecule has 0 saturated heterocycles. The molecule has 0 saturated carbocycles. The number of nitrogens with two attached hydrogens (primary N) is 1. The van der Waals surface area contributed by atoms with E-state index in [0.29, 0.717) is 12.0 Å². The van der Waals surface area contributed by atoms with Gasteiger partial charge in [-0.05, 0) is 63.8 Å². The summed E-state index contributed by atoms with van der Waals surface area (Å²) in [5, 5.41) is 29.0. The molecule has 0 bridgehead atoms. The molecule has 1 aliphatic rings. The maximum Gasteiger partial charge on any atom is 0.123 e. The van der Waals surface area contributed by atoms with Crippen LogP contribution in [-0.2, 0) is 6.42 Å². The predicted octanol–water partition coefficient (Wildman–Crippen LogP) is 5.03. The van der Waals surface area contributed by atoms with Crippen molar-refractivity contribution in [2.75, 3.05) is 13.2 Å². The van der Waals surface area contributed by atoms with Crippen LogP contribution in [0, 0.1) is 0 Å². The molecule has 150 valence electrons. The van der Waals surface area contributed by atoms with Crippen LogP contribution in [0.4, 0.5) is 0 Å². The first-order valence-corrected chi connectivity index (χ1v) is 9.55. The van der Waals surface area contributed by atoms with Gasteiger partial charge in [-0.25, -0.2) is 0 Å². The number of aliphatic hydroxyl groups is 1. The van der Waals surface area contributed by atoms with Crippen molar-refractivity contribution >= 4 is 0 Å². The summed E-state index contributed by atoms with van der Waals surface area (Å²) in [6, 6.07) is 3.28. The quantitative estimate of drug-likeness (QED) is 0.566. The number of allylic oxidation sites excluding steroid dienone is 3. The van der Waals surface area contributed by atoms with Gasteiger partial charge in [0, 0.05) is 18.1 Å². The van der Waals surface area contributed by atoms with Crippen molar-refractivity contribution < 1.29 is 15.3 Å². The van der Waals surface area contributed by atoms with E-state index in [-0.39, 0.29) is 24.0 Å². The minimum Gasteiger partial charge on any atom is -0.507 e. The average Bonchev–Trinajstić information content (AvgIpc) is 2.58. The highest BCUT2D eigenvalue weighted by atomic mass is 16.3. The molecular formula is C22H39NO3. The van der Waals surface area contributed by atoms with Crippen LogP contribution in [0.3, 0.4) is 0 Å². The largest absolute Gasteiger partial charge is 0.507 e. The molecule has 0 spiro atoms. The molecule has 4 nitrogen and oxygen atoms in total. The zero-order valence-electron chi connectivity index (χ0n) is 17.3. The molecule has 26 heavy (non-hydrogen) atoms. The van der Waals surface area contributed by atoms with E-state index < -0.39 is 0 Å². The Kier molecular flexibility index (Phi) is 17.0. The maximum atomic E-state index is 10.1. The van der Waals surface area contributed by atoms with Gasteiger partial charge in [-0.15, -0.1) is 6.58 Å². The summed E-state index contributed by atoms with van der Waals surface area (Å²) in [6.07, 6.45) is 7.47. The van der Waals surface area contributed by atoms with Crippen LogP contribution < -0.4 is 5.73 Å². The molecule has 1 aromatic carbocycles. The number of aliphatic hydroxyl groups excluding tert-OH is 1. The second kappa shape index (κ2) is 16.7. The molecule has 0 unspecified atom stereocenters. The van der Waals surface area contributed by atoms with Crippen LogP contribution in [0.5, 0.6) is 11.5 Å². The summed E-state index contributed by atoms with van der Waals surface area (Å²) in [4.78, 5) is 0. The third kappa shape index (κ3) is 10.3. The standard InChI is InChI=1S/C15H20O3.C3H6.C2H7N.C2H6/c1-10-3-2-4-12(7-10)15-13(17)8-11(5-6-16)9-14(15)18;1-3-2;1-2-3;1-2/h7-9,12,16-18H,2-6H2,1H3;3H,1H2,2H3;2-3H2,1H3;1-2H3/t12-;;;/m0.../s1. The van der Waals surface area contributed by atoms with Gasteiger partial charge in [-0.3, -0.25) is 0 Å². The fourth-order valence-electron chi connectivity index (χ4n) is 2.67. The lowest BCUT2D eigenvalue weighted by atomic mass is 9.84. The zero-order chi connectivity index (χ0) is 20.5. The van der Waals surface area contributed by atoms with E-state index in [4.69, 9.17) is 10.8 Å². The van der Waals surface area contributed by atoms with E-state index in [1.165, 1.54) is 5.57 Å². The molecule has 0 radical (unpaired) electrons. The number of phenols is 2. The molecule has 0 fully saturated rings. The van der Waals surface area contributed by atoms with Gasteiger partial charge in [0.1, 0.15) is 11.5 Å². The summed E-state index contributed by atoms with van der Waals surface area (Å²) >= 11 is 0. The van der Waals surface area contributed by atoms with Crippen LogP contribution >= 0.6 is 0 Å². The van der Waals surface area contributed by atoms with Crippen molar-refractivity contribution in [3.8, 4) is 11.5 Å². The van der Waals surface area contributed by atoms with E-state index in [9.17, 15) is 10.2 Å². The van der Waals surface area contributed by atoms with Gasteiger partial charge in [0.25, 0.3) is 0 Å². The Hall–Kier alpha value is -1.78. The summed E-state index contributed by atoms with van der Waals surface area (Å²) < 4.78 is 0. The fourth-order valence-corrected chi connectivity index (χ4v) is 2.67. The van der Waals surface area contributed by atoms with Crippen LogP contribution in [0.2, 0.25) is 0 Å². The summed E-state index contributed by atoms with van der Waals surface area (Å²) in [7, 11) is 0. The second-order valence-corrected chi connectivity index (χ2v) is 5.85. The number of rotatable bonds is 3. The Morgan fingerprint density at radius 3 is 2.08 bits per heavy atom. The molecule has 4 heteroatoms. The van der Waals surface area contributed by atoms with Gasteiger partial charge in [0.05, 0.1) is 0 Å². The summed E-state index contributed by atoms with van der Waals surface area (Å²) in [5.41, 5.74) is 7.54. The number of phenolic OH excluding ortho intramolecular Hbond substituents is 2. The first kappa shape index (κ1) is 26.4. The second-order valence-electron chi connectivity index (χ2n) is 5.85. The molecule has 1 atom stereocenters. The Bertz CT molecular complexity index is 501. The Labute approximate surface area is 160 Å². The van der Waals surface area contributed by atoms with Crippen molar-refractivity contribution in [1.29, 1.82) is 0 Å². The van der Waals surface area contributed by atoms with Gasteiger partial charge in [-0.2, -0.15) is 0 Å². The van der Waals surface area contributed by atoms with Crippen molar-refractivity contribution in [1.82, 2.24) is 0 Å². The summed E-state index contributed by atoms with van der Waals surface area (Å²) in [6.45, 7) is 14.0. The third-order valence-corrected chi connectivity index (χ3v) is 3.54. The Morgan fingerprint density at radius 2 is 1.69 bits per heavy atom. The molecule has 0 amide bonds. The molecular weight excluding hydrogens is 326 g/mol. The van der Waals surface area contributed by atoms with Crippen LogP contribution in [0.1, 0.15) is 70.9 Å². The Morgan fingerprint density at radius 1 is 1.23 bits per heavy atom. The highest BCUT2D eigenvalue weighted by Crippen LogP contribution is 2.41. The molecule has 1 aromatic rings. The minimum absolute atomic E-state index is 0.0145. The molecule has 5 N–H and O–H groups in total. The Balaban J connectivity index is 0. The topological polar surface area (TPSA) is 86.7 Å². The van der Waals surface area contributed by atoms with Gasteiger partial charge < -0.3 is 21.1 Å². The van der Waals surface area contributed by atoms with Gasteiger partial charge >= 0.3 is 0 Å². The molecule has 1 aliphatic carbocycles. The SMILES string of the molecule is C=CC.CC.CC1=C[C@@H](c2c(O)cc(CCO)cc2O)CCC1.CCN. The van der Waals surface area contributed by atoms with E-state index in [0.717, 1.165) is 31.4 Å². The van der Waals surface area contributed by atoms with Gasteiger partial charge in [0.2, 0.25) is 0 Å². The first-order chi connectivity index (χ1) is 12.4. The number of hydrogen-bond acceptors (Lipinski definition) is 4. The fraction of sp³-hybridized carbons (Fsp3) is 0.545. The molecule has 0 aliphatic heterocycles. The van der Waals surface area contributed by atoms with Crippen molar-refractivity contribution in [2.45, 2.75) is 66.2 Å². The van der Waals surface area contributed by atoms with Crippen molar-refractivity contribution in [3.05, 3.63) is 47.6 Å². The first-order valence-electron chi connectivity index (χ1n) is 9.55. The van der Waals surface area contributed by atoms with E-state index in [1.54, 1.807) is 18.2 Å². The normalized spacial score (nSPS) is 15.0. The molecule has 0 heterocycles. The van der Waals surface area contributed by atoms with Crippen LogP contribution in [0.15, 0.2) is 36.4 Å². The monoisotopic (exact) mass is 365 g/mol. The lowest BCUT2D eigenvalue weighted by molar-refractivity contribution is 0.299. The minimum atomic E-state index is 0.0145. The summed E-state index contributed by atoms with van der Waals surface area (Å²) in [5.74, 6) is 0.366. The number of hydrogen-bond donors (Lipinski definition) is 4. The number of aromatic hydroxyl groups is 2. The highest BCUT2D eigenvalue weighted by molar-refractivity contribution is 5.50. The third-order valence-electron chi connectivity index (χ3n) is 3.54. The smallest absolute Gasteiger partial charge is 0.123 e. The number of benzene rings is 1. The zero-order valence-corrected chi connectivity index (χ0v) is 17.3. The van der Waals surface area contributed by atoms with E-state index >= 15 is 0 Å². The van der Waals surface area contributed by atoms with Gasteiger partial charge in [0.15, 0.2) is 0 Å². The lowest BCUT2D eigenvalue weighted by Gasteiger charge is -2.22. The highest BCUT2D eigenvalue weighted by Gasteiger charge is 2.21. The van der Waals surface area contributed by atoms with Crippen LogP contribution in [0.25, 0.3) is 0 Å². The van der Waals surface area contributed by atoms with E-state index in [2.05, 4.69) is 19.6 Å². The molecule has 0 aromatic heterocycles. The van der Waals surface area contributed by atoms with Crippen molar-refractivity contribution in [3.63, 3.8) is 0 Å². The van der Waals surface area contributed by atoms with Crippen LogP contribution in [-0.4, -0.2) is 28.5 Å². The molecule has 2 rings (SSSR count).